The van der Waals surface area contributed by atoms with Gasteiger partial charge in [-0.25, -0.2) is 0 Å². The Morgan fingerprint density at radius 3 is 2.63 bits per heavy atom. The van der Waals surface area contributed by atoms with Crippen molar-refractivity contribution in [2.45, 2.75) is 25.4 Å². The van der Waals surface area contributed by atoms with Gasteiger partial charge < -0.3 is 15.0 Å². The van der Waals surface area contributed by atoms with Crippen LogP contribution in [0.5, 0.6) is 0 Å². The van der Waals surface area contributed by atoms with Crippen LogP contribution in [-0.4, -0.2) is 42.0 Å². The molecule has 2 aromatic rings. The van der Waals surface area contributed by atoms with Crippen molar-refractivity contribution in [3.8, 4) is 0 Å². The maximum absolute atomic E-state index is 13.0. The average Bonchev–Trinajstić information content (AvgIpc) is 3.49. The van der Waals surface area contributed by atoms with Crippen molar-refractivity contribution in [1.29, 1.82) is 0 Å². The van der Waals surface area contributed by atoms with E-state index in [1.54, 1.807) is 24.1 Å². The van der Waals surface area contributed by atoms with Crippen LogP contribution in [0.4, 0.5) is 11.4 Å². The largest absolute Gasteiger partial charge is 0.383 e. The van der Waals surface area contributed by atoms with E-state index in [9.17, 15) is 14.9 Å². The number of methoxy groups -OCH3 is 1. The molecule has 7 nitrogen and oxygen atoms in total. The van der Waals surface area contributed by atoms with E-state index in [-0.39, 0.29) is 11.6 Å². The molecule has 142 valence electrons. The van der Waals surface area contributed by atoms with Gasteiger partial charge in [0.05, 0.1) is 11.5 Å². The number of anilines is 1. The van der Waals surface area contributed by atoms with E-state index in [2.05, 4.69) is 5.32 Å². The first-order valence-electron chi connectivity index (χ1n) is 8.95. The van der Waals surface area contributed by atoms with Gasteiger partial charge in [-0.05, 0) is 30.5 Å². The number of ether oxygens (including phenoxy) is 1. The van der Waals surface area contributed by atoms with Gasteiger partial charge >= 0.3 is 0 Å². The molecule has 1 fully saturated rings. The zero-order chi connectivity index (χ0) is 19.2. The van der Waals surface area contributed by atoms with Crippen LogP contribution in [0.15, 0.2) is 48.5 Å². The normalized spacial score (nSPS) is 13.2. The topological polar surface area (TPSA) is 84.7 Å². The van der Waals surface area contributed by atoms with Crippen LogP contribution >= 0.6 is 0 Å². The molecule has 1 amide bonds. The standard InChI is InChI=1S/C20H23N3O4/c1-27-12-11-22(14-15-5-3-2-4-6-15)20(24)16-7-10-18(21-17-8-9-17)19(13-16)23(25)26/h2-7,10,13,17,21H,8-9,11-12,14H2,1H3. The van der Waals surface area contributed by atoms with Crippen LogP contribution in [0, 0.1) is 10.1 Å². The Morgan fingerprint density at radius 1 is 1.26 bits per heavy atom. The van der Waals surface area contributed by atoms with Crippen molar-refractivity contribution < 1.29 is 14.5 Å². The molecule has 7 heteroatoms. The summed E-state index contributed by atoms with van der Waals surface area (Å²) in [6, 6.07) is 14.6. The van der Waals surface area contributed by atoms with Gasteiger partial charge in [0, 0.05) is 37.9 Å². The first-order valence-corrected chi connectivity index (χ1v) is 8.95. The number of carbonyl (C=O) groups excluding carboxylic acids is 1. The summed E-state index contributed by atoms with van der Waals surface area (Å²) in [4.78, 5) is 25.7. The number of hydrogen-bond acceptors (Lipinski definition) is 5. The molecule has 0 saturated heterocycles. The summed E-state index contributed by atoms with van der Waals surface area (Å²) in [6.45, 7) is 1.21. The lowest BCUT2D eigenvalue weighted by atomic mass is 10.1. The van der Waals surface area contributed by atoms with E-state index in [1.165, 1.54) is 6.07 Å². The lowest BCUT2D eigenvalue weighted by Crippen LogP contribution is -2.33. The second kappa shape index (κ2) is 8.64. The van der Waals surface area contributed by atoms with E-state index in [4.69, 9.17) is 4.74 Å². The minimum atomic E-state index is -0.446. The predicted octanol–water partition coefficient (Wildman–Crippen LogP) is 3.46. The molecule has 0 heterocycles. The minimum Gasteiger partial charge on any atom is -0.383 e. The Labute approximate surface area is 158 Å². The van der Waals surface area contributed by atoms with Crippen LogP contribution in [-0.2, 0) is 11.3 Å². The smallest absolute Gasteiger partial charge is 0.293 e. The summed E-state index contributed by atoms with van der Waals surface area (Å²) in [5, 5.41) is 14.6. The maximum Gasteiger partial charge on any atom is 0.293 e. The van der Waals surface area contributed by atoms with Crippen LogP contribution in [0.25, 0.3) is 0 Å². The third kappa shape index (κ3) is 5.04. The Kier molecular flexibility index (Phi) is 6.03. The minimum absolute atomic E-state index is 0.0702. The highest BCUT2D eigenvalue weighted by Gasteiger charge is 2.26. The molecule has 0 atom stereocenters. The van der Waals surface area contributed by atoms with Gasteiger partial charge in [0.1, 0.15) is 5.69 Å². The fourth-order valence-corrected chi connectivity index (χ4v) is 2.83. The number of amides is 1. The van der Waals surface area contributed by atoms with Gasteiger partial charge in [-0.3, -0.25) is 14.9 Å². The van der Waals surface area contributed by atoms with Gasteiger partial charge in [-0.1, -0.05) is 30.3 Å². The number of nitrogens with zero attached hydrogens (tertiary/aromatic N) is 2. The number of nitrogens with one attached hydrogen (secondary N) is 1. The summed E-state index contributed by atoms with van der Waals surface area (Å²) in [5.74, 6) is -0.253. The molecule has 1 saturated carbocycles. The summed E-state index contributed by atoms with van der Waals surface area (Å²) in [5.41, 5.74) is 1.68. The Hall–Kier alpha value is -2.93. The molecule has 2 aromatic carbocycles. The number of nitro groups is 1. The summed E-state index contributed by atoms with van der Waals surface area (Å²) < 4.78 is 5.12. The van der Waals surface area contributed by atoms with Crippen LogP contribution in [0.1, 0.15) is 28.8 Å². The molecule has 0 unspecified atom stereocenters. The third-order valence-electron chi connectivity index (χ3n) is 4.45. The number of hydrogen-bond donors (Lipinski definition) is 1. The molecule has 3 rings (SSSR count). The van der Waals surface area contributed by atoms with Crippen molar-refractivity contribution in [2.75, 3.05) is 25.6 Å². The number of benzene rings is 2. The zero-order valence-corrected chi connectivity index (χ0v) is 15.3. The fourth-order valence-electron chi connectivity index (χ4n) is 2.83. The third-order valence-corrected chi connectivity index (χ3v) is 4.45. The number of rotatable bonds is 9. The van der Waals surface area contributed by atoms with Gasteiger partial charge in [0.15, 0.2) is 0 Å². The molecule has 0 aliphatic heterocycles. The first kappa shape index (κ1) is 18.8. The van der Waals surface area contributed by atoms with Crippen molar-refractivity contribution in [3.05, 3.63) is 69.8 Å². The number of nitro benzene ring substituents is 1. The molecule has 0 radical (unpaired) electrons. The first-order chi connectivity index (χ1) is 13.1. The second-order valence-corrected chi connectivity index (χ2v) is 6.61. The average molecular weight is 369 g/mol. The Morgan fingerprint density at radius 2 is 2.00 bits per heavy atom. The van der Waals surface area contributed by atoms with E-state index in [0.717, 1.165) is 18.4 Å². The van der Waals surface area contributed by atoms with Gasteiger partial charge in [-0.2, -0.15) is 0 Å². The van der Waals surface area contributed by atoms with Crippen molar-refractivity contribution in [1.82, 2.24) is 4.90 Å². The second-order valence-electron chi connectivity index (χ2n) is 6.61. The van der Waals surface area contributed by atoms with Gasteiger partial charge in [0.2, 0.25) is 0 Å². The van der Waals surface area contributed by atoms with Crippen molar-refractivity contribution in [3.63, 3.8) is 0 Å². The lowest BCUT2D eigenvalue weighted by Gasteiger charge is -2.23. The molecule has 0 bridgehead atoms. The van der Waals surface area contributed by atoms with Crippen LogP contribution < -0.4 is 5.32 Å². The van der Waals surface area contributed by atoms with E-state index < -0.39 is 4.92 Å². The summed E-state index contributed by atoms with van der Waals surface area (Å²) in [7, 11) is 1.58. The highest BCUT2D eigenvalue weighted by Crippen LogP contribution is 2.31. The lowest BCUT2D eigenvalue weighted by molar-refractivity contribution is -0.384. The molecule has 0 spiro atoms. The van der Waals surface area contributed by atoms with E-state index >= 15 is 0 Å². The molecular weight excluding hydrogens is 346 g/mol. The van der Waals surface area contributed by atoms with Crippen molar-refractivity contribution in [2.24, 2.45) is 0 Å². The van der Waals surface area contributed by atoms with Crippen LogP contribution in [0.2, 0.25) is 0 Å². The highest BCUT2D eigenvalue weighted by atomic mass is 16.6. The quantitative estimate of drug-likeness (QED) is 0.540. The monoisotopic (exact) mass is 369 g/mol. The molecule has 1 aliphatic carbocycles. The maximum atomic E-state index is 13.0. The van der Waals surface area contributed by atoms with Gasteiger partial charge in [0.25, 0.3) is 11.6 Å². The summed E-state index contributed by atoms with van der Waals surface area (Å²) in [6.07, 6.45) is 2.03. The Balaban J connectivity index is 1.83. The fraction of sp³-hybridized carbons (Fsp3) is 0.350. The highest BCUT2D eigenvalue weighted by molar-refractivity contribution is 5.95. The van der Waals surface area contributed by atoms with E-state index in [1.807, 2.05) is 30.3 Å². The molecule has 0 aromatic heterocycles. The molecular formula is C20H23N3O4. The molecule has 27 heavy (non-hydrogen) atoms. The SMILES string of the molecule is COCCN(Cc1ccccc1)C(=O)c1ccc(NC2CC2)c([N+](=O)[O-])c1. The molecule has 1 aliphatic rings. The van der Waals surface area contributed by atoms with Crippen LogP contribution in [0.3, 0.4) is 0 Å². The zero-order valence-electron chi connectivity index (χ0n) is 15.3. The molecule has 1 N–H and O–H groups in total. The predicted molar refractivity (Wildman–Crippen MR) is 103 cm³/mol. The summed E-state index contributed by atoms with van der Waals surface area (Å²) >= 11 is 0. The van der Waals surface area contributed by atoms with E-state index in [0.29, 0.717) is 37.0 Å². The Bertz CT molecular complexity index is 806. The van der Waals surface area contributed by atoms with Crippen molar-refractivity contribution >= 4 is 17.3 Å². The number of carbonyl (C=O) groups is 1. The van der Waals surface area contributed by atoms with Gasteiger partial charge in [-0.15, -0.1) is 0 Å².